The van der Waals surface area contributed by atoms with E-state index in [1.54, 1.807) is 6.92 Å². The first-order chi connectivity index (χ1) is 10.4. The first kappa shape index (κ1) is 17.7. The number of amides is 2. The van der Waals surface area contributed by atoms with Crippen molar-refractivity contribution < 1.29 is 19.1 Å². The number of ether oxygens (including phenoxy) is 1. The molecule has 6 nitrogen and oxygen atoms in total. The van der Waals surface area contributed by atoms with Gasteiger partial charge in [-0.25, -0.2) is 0 Å². The summed E-state index contributed by atoms with van der Waals surface area (Å²) < 4.78 is 4.68. The second-order valence-corrected chi connectivity index (χ2v) is 5.09. The number of hydrogen-bond donors (Lipinski definition) is 2. The van der Waals surface area contributed by atoms with E-state index in [4.69, 9.17) is 0 Å². The van der Waals surface area contributed by atoms with Gasteiger partial charge >= 0.3 is 5.97 Å². The number of hydrogen-bond acceptors (Lipinski definition) is 4. The van der Waals surface area contributed by atoms with Gasteiger partial charge in [-0.3, -0.25) is 14.4 Å². The molecule has 22 heavy (non-hydrogen) atoms. The van der Waals surface area contributed by atoms with Gasteiger partial charge < -0.3 is 15.4 Å². The molecule has 6 heteroatoms. The van der Waals surface area contributed by atoms with Crippen LogP contribution >= 0.6 is 0 Å². The van der Waals surface area contributed by atoms with Crippen LogP contribution in [0.1, 0.15) is 31.9 Å². The Morgan fingerprint density at radius 1 is 1.18 bits per heavy atom. The van der Waals surface area contributed by atoms with Gasteiger partial charge in [-0.1, -0.05) is 37.3 Å². The van der Waals surface area contributed by atoms with E-state index in [1.165, 1.54) is 14.0 Å². The highest BCUT2D eigenvalue weighted by Gasteiger charge is 2.21. The molecule has 0 aliphatic rings. The molecule has 2 amide bonds. The van der Waals surface area contributed by atoms with E-state index in [-0.39, 0.29) is 24.8 Å². The fourth-order valence-electron chi connectivity index (χ4n) is 1.89. The third-order valence-corrected chi connectivity index (χ3v) is 3.22. The van der Waals surface area contributed by atoms with E-state index in [2.05, 4.69) is 15.4 Å². The second-order valence-electron chi connectivity index (χ2n) is 5.09. The molecule has 0 heterocycles. The molecular weight excluding hydrogens is 284 g/mol. The van der Waals surface area contributed by atoms with Gasteiger partial charge in [0.2, 0.25) is 11.8 Å². The number of esters is 1. The van der Waals surface area contributed by atoms with E-state index in [0.717, 1.165) is 5.56 Å². The van der Waals surface area contributed by atoms with E-state index < -0.39 is 17.9 Å². The number of benzene rings is 1. The lowest BCUT2D eigenvalue weighted by atomic mass is 10.0. The lowest BCUT2D eigenvalue weighted by molar-refractivity contribution is -0.141. The maximum Gasteiger partial charge on any atom is 0.307 e. The van der Waals surface area contributed by atoms with Gasteiger partial charge in [0.25, 0.3) is 0 Å². The minimum absolute atomic E-state index is 0.0547. The van der Waals surface area contributed by atoms with Crippen LogP contribution in [0.15, 0.2) is 30.3 Å². The van der Waals surface area contributed by atoms with Crippen LogP contribution in [0.2, 0.25) is 0 Å². The van der Waals surface area contributed by atoms with Crippen LogP contribution in [0, 0.1) is 5.92 Å². The average molecular weight is 306 g/mol. The Kier molecular flexibility index (Phi) is 7.08. The second kappa shape index (κ2) is 8.81. The number of carbonyl (C=O) groups is 3. The van der Waals surface area contributed by atoms with Crippen molar-refractivity contribution >= 4 is 17.8 Å². The molecule has 0 aromatic heterocycles. The summed E-state index contributed by atoms with van der Waals surface area (Å²) in [4.78, 5) is 34.6. The predicted octanol–water partition coefficient (Wildman–Crippen LogP) is 1.18. The topological polar surface area (TPSA) is 84.5 Å². The fourth-order valence-corrected chi connectivity index (χ4v) is 1.89. The molecule has 0 aliphatic heterocycles. The van der Waals surface area contributed by atoms with Crippen molar-refractivity contribution in [3.8, 4) is 0 Å². The van der Waals surface area contributed by atoms with Gasteiger partial charge in [-0.2, -0.15) is 0 Å². The highest BCUT2D eigenvalue weighted by molar-refractivity contribution is 5.81. The maximum atomic E-state index is 12.2. The van der Waals surface area contributed by atoms with Crippen LogP contribution in [0.4, 0.5) is 0 Å². The molecule has 1 aromatic rings. The Morgan fingerprint density at radius 2 is 1.82 bits per heavy atom. The van der Waals surface area contributed by atoms with Gasteiger partial charge in [0.1, 0.15) is 0 Å². The molecule has 0 unspecified atom stereocenters. The lowest BCUT2D eigenvalue weighted by Crippen LogP contribution is -2.39. The Hall–Kier alpha value is -2.37. The summed E-state index contributed by atoms with van der Waals surface area (Å²) in [5.74, 6) is -1.21. The maximum absolute atomic E-state index is 12.2. The molecule has 0 spiro atoms. The molecule has 0 saturated carbocycles. The summed E-state index contributed by atoms with van der Waals surface area (Å²) in [6, 6.07) is 8.76. The molecule has 2 N–H and O–H groups in total. The van der Waals surface area contributed by atoms with Crippen molar-refractivity contribution in [2.45, 2.75) is 26.3 Å². The van der Waals surface area contributed by atoms with Crippen LogP contribution in [0.3, 0.4) is 0 Å². The van der Waals surface area contributed by atoms with Gasteiger partial charge in [0, 0.05) is 13.5 Å². The van der Waals surface area contributed by atoms with E-state index in [9.17, 15) is 14.4 Å². The molecule has 0 aliphatic carbocycles. The van der Waals surface area contributed by atoms with Gasteiger partial charge in [-0.05, 0) is 5.56 Å². The number of carbonyl (C=O) groups excluding carboxylic acids is 3. The largest absolute Gasteiger partial charge is 0.469 e. The van der Waals surface area contributed by atoms with Crippen LogP contribution in [0.25, 0.3) is 0 Å². The van der Waals surface area contributed by atoms with E-state index >= 15 is 0 Å². The molecule has 0 saturated heterocycles. The predicted molar refractivity (Wildman–Crippen MR) is 81.8 cm³/mol. The summed E-state index contributed by atoms with van der Waals surface area (Å²) in [5.41, 5.74) is 0.827. The van der Waals surface area contributed by atoms with Crippen molar-refractivity contribution in [1.29, 1.82) is 0 Å². The summed E-state index contributed by atoms with van der Waals surface area (Å²) in [7, 11) is 1.31. The highest BCUT2D eigenvalue weighted by atomic mass is 16.5. The van der Waals surface area contributed by atoms with Crippen LogP contribution in [-0.2, 0) is 19.1 Å². The first-order valence-corrected chi connectivity index (χ1v) is 7.10. The van der Waals surface area contributed by atoms with Crippen molar-refractivity contribution in [2.75, 3.05) is 13.7 Å². The minimum Gasteiger partial charge on any atom is -0.469 e. The quantitative estimate of drug-likeness (QED) is 0.741. The summed E-state index contributed by atoms with van der Waals surface area (Å²) in [5, 5.41) is 5.43. The molecule has 2 atom stereocenters. The fraction of sp³-hybridized carbons (Fsp3) is 0.438. The molecular formula is C16H22N2O4. The van der Waals surface area contributed by atoms with Crippen molar-refractivity contribution in [1.82, 2.24) is 10.6 Å². The smallest absolute Gasteiger partial charge is 0.307 e. The Balaban J connectivity index is 2.73. The number of rotatable bonds is 7. The molecule has 0 fully saturated rings. The standard InChI is InChI=1S/C16H22N2O4/c1-11(10-17-12(2)19)16(21)18-14(9-15(20)22-3)13-7-5-4-6-8-13/h4-8,11,14H,9-10H2,1-3H3,(H,17,19)(H,18,21)/t11-,14-/m1/s1. The normalized spacial score (nSPS) is 12.9. The van der Waals surface area contributed by atoms with Gasteiger partial charge in [0.05, 0.1) is 25.5 Å². The highest BCUT2D eigenvalue weighted by Crippen LogP contribution is 2.17. The molecule has 0 bridgehead atoms. The van der Waals surface area contributed by atoms with Crippen LogP contribution in [-0.4, -0.2) is 31.4 Å². The zero-order valence-electron chi connectivity index (χ0n) is 13.1. The van der Waals surface area contributed by atoms with Crippen molar-refractivity contribution in [3.05, 3.63) is 35.9 Å². The van der Waals surface area contributed by atoms with Gasteiger partial charge in [0.15, 0.2) is 0 Å². The van der Waals surface area contributed by atoms with Gasteiger partial charge in [-0.15, -0.1) is 0 Å². The lowest BCUT2D eigenvalue weighted by Gasteiger charge is -2.21. The summed E-state index contributed by atoms with van der Waals surface area (Å²) in [6.45, 7) is 3.36. The monoisotopic (exact) mass is 306 g/mol. The SMILES string of the molecule is COC(=O)C[C@@H](NC(=O)[C@H](C)CNC(C)=O)c1ccccc1. The third-order valence-electron chi connectivity index (χ3n) is 3.22. The number of nitrogens with one attached hydrogen (secondary N) is 2. The molecule has 120 valence electrons. The molecule has 1 aromatic carbocycles. The molecule has 0 radical (unpaired) electrons. The van der Waals surface area contributed by atoms with E-state index in [1.807, 2.05) is 30.3 Å². The molecule has 1 rings (SSSR count). The van der Waals surface area contributed by atoms with Crippen molar-refractivity contribution in [2.24, 2.45) is 5.92 Å². The Bertz CT molecular complexity index is 516. The average Bonchev–Trinajstić information content (AvgIpc) is 2.52. The Labute approximate surface area is 130 Å². The third kappa shape index (κ3) is 5.95. The zero-order valence-corrected chi connectivity index (χ0v) is 13.1. The minimum atomic E-state index is -0.457. The van der Waals surface area contributed by atoms with Crippen LogP contribution in [0.5, 0.6) is 0 Å². The Morgan fingerprint density at radius 3 is 2.36 bits per heavy atom. The van der Waals surface area contributed by atoms with Crippen LogP contribution < -0.4 is 10.6 Å². The van der Waals surface area contributed by atoms with E-state index in [0.29, 0.717) is 0 Å². The zero-order chi connectivity index (χ0) is 16.5. The first-order valence-electron chi connectivity index (χ1n) is 7.10. The summed E-state index contributed by atoms with van der Waals surface area (Å²) >= 11 is 0. The van der Waals surface area contributed by atoms with Crippen molar-refractivity contribution in [3.63, 3.8) is 0 Å². The number of methoxy groups -OCH3 is 1. The summed E-state index contributed by atoms with van der Waals surface area (Å²) in [6.07, 6.45) is 0.0547.